The van der Waals surface area contributed by atoms with Gasteiger partial charge in [0.05, 0.1) is 0 Å². The lowest BCUT2D eigenvalue weighted by atomic mass is 9.74. The van der Waals surface area contributed by atoms with E-state index in [-0.39, 0.29) is 18.1 Å². The van der Waals surface area contributed by atoms with Crippen molar-refractivity contribution in [3.63, 3.8) is 0 Å². The van der Waals surface area contributed by atoms with Crippen LogP contribution >= 0.6 is 15.9 Å². The zero-order valence-corrected chi connectivity index (χ0v) is 15.2. The monoisotopic (exact) mass is 406 g/mol. The fourth-order valence-corrected chi connectivity index (χ4v) is 3.74. The SMILES string of the molecule is O=C(NCC1(c2ccc3c(c2)OCO3)CCOCC1)c1cc(Br)c[nH]1. The van der Waals surface area contributed by atoms with Crippen molar-refractivity contribution in [2.45, 2.75) is 18.3 Å². The first-order chi connectivity index (χ1) is 12.2. The van der Waals surface area contributed by atoms with Gasteiger partial charge in [0.2, 0.25) is 6.79 Å². The smallest absolute Gasteiger partial charge is 0.267 e. The third-order valence-corrected chi connectivity index (χ3v) is 5.37. The summed E-state index contributed by atoms with van der Waals surface area (Å²) < 4.78 is 17.3. The average Bonchev–Trinajstić information content (AvgIpc) is 3.28. The first-order valence-electron chi connectivity index (χ1n) is 8.26. The van der Waals surface area contributed by atoms with Gasteiger partial charge >= 0.3 is 0 Å². The standard InChI is InChI=1S/C18H19BrN2O4/c19-13-8-14(20-9-13)17(22)21-10-18(3-5-23-6-4-18)12-1-2-15-16(7-12)25-11-24-15/h1-2,7-9,20H,3-6,10-11H2,(H,21,22). The Labute approximate surface area is 154 Å². The van der Waals surface area contributed by atoms with Gasteiger partial charge in [-0.3, -0.25) is 4.79 Å². The van der Waals surface area contributed by atoms with Crippen LogP contribution < -0.4 is 14.8 Å². The van der Waals surface area contributed by atoms with Crippen LogP contribution in [0.2, 0.25) is 0 Å². The average molecular weight is 407 g/mol. The third kappa shape index (κ3) is 3.26. The number of nitrogens with one attached hydrogen (secondary N) is 2. The molecule has 0 bridgehead atoms. The number of halogens is 1. The number of hydrogen-bond donors (Lipinski definition) is 2. The first kappa shape index (κ1) is 16.5. The third-order valence-electron chi connectivity index (χ3n) is 4.91. The second-order valence-corrected chi connectivity index (χ2v) is 7.29. The molecule has 1 saturated heterocycles. The quantitative estimate of drug-likeness (QED) is 0.818. The van der Waals surface area contributed by atoms with Crippen molar-refractivity contribution < 1.29 is 19.0 Å². The molecule has 2 aliphatic rings. The summed E-state index contributed by atoms with van der Waals surface area (Å²) in [4.78, 5) is 15.4. The fourth-order valence-electron chi connectivity index (χ4n) is 3.40. The molecule has 7 heteroatoms. The molecule has 0 radical (unpaired) electrons. The Bertz CT molecular complexity index is 783. The number of aromatic nitrogens is 1. The molecule has 2 aromatic rings. The van der Waals surface area contributed by atoms with E-state index >= 15 is 0 Å². The lowest BCUT2D eigenvalue weighted by molar-refractivity contribution is 0.0486. The maximum absolute atomic E-state index is 12.4. The summed E-state index contributed by atoms with van der Waals surface area (Å²) in [6.45, 7) is 2.16. The summed E-state index contributed by atoms with van der Waals surface area (Å²) in [5, 5.41) is 3.07. The molecule has 1 amide bonds. The van der Waals surface area contributed by atoms with Crippen LogP contribution in [0.4, 0.5) is 0 Å². The molecular formula is C18H19BrN2O4. The van der Waals surface area contributed by atoms with E-state index in [4.69, 9.17) is 14.2 Å². The van der Waals surface area contributed by atoms with Crippen molar-refractivity contribution in [1.29, 1.82) is 0 Å². The number of carbonyl (C=O) groups is 1. The second-order valence-electron chi connectivity index (χ2n) is 6.37. The number of benzene rings is 1. The largest absolute Gasteiger partial charge is 0.454 e. The van der Waals surface area contributed by atoms with Crippen LogP contribution in [0.1, 0.15) is 28.9 Å². The van der Waals surface area contributed by atoms with Gasteiger partial charge in [-0.15, -0.1) is 0 Å². The molecule has 1 aromatic carbocycles. The van der Waals surface area contributed by atoms with E-state index in [0.29, 0.717) is 25.5 Å². The first-order valence-corrected chi connectivity index (χ1v) is 9.06. The highest BCUT2D eigenvalue weighted by atomic mass is 79.9. The van der Waals surface area contributed by atoms with E-state index in [1.807, 2.05) is 12.1 Å². The summed E-state index contributed by atoms with van der Waals surface area (Å²) >= 11 is 3.35. The van der Waals surface area contributed by atoms with Crippen molar-refractivity contribution in [2.75, 3.05) is 26.6 Å². The molecule has 0 atom stereocenters. The summed E-state index contributed by atoms with van der Waals surface area (Å²) in [5.41, 5.74) is 1.52. The number of amides is 1. The number of rotatable bonds is 4. The fraction of sp³-hybridized carbons (Fsp3) is 0.389. The van der Waals surface area contributed by atoms with Gasteiger partial charge in [0.25, 0.3) is 5.91 Å². The van der Waals surface area contributed by atoms with E-state index in [0.717, 1.165) is 34.4 Å². The molecule has 2 aliphatic heterocycles. The number of ether oxygens (including phenoxy) is 3. The van der Waals surface area contributed by atoms with Gasteiger partial charge in [0.1, 0.15) is 5.69 Å². The molecule has 1 aromatic heterocycles. The summed E-state index contributed by atoms with van der Waals surface area (Å²) in [6, 6.07) is 7.81. The molecule has 2 N–H and O–H groups in total. The highest BCUT2D eigenvalue weighted by Crippen LogP contribution is 2.40. The molecular weight excluding hydrogens is 388 g/mol. The van der Waals surface area contributed by atoms with Crippen molar-refractivity contribution in [3.05, 3.63) is 46.2 Å². The molecule has 1 fully saturated rings. The minimum atomic E-state index is -0.168. The summed E-state index contributed by atoms with van der Waals surface area (Å²) in [5.74, 6) is 1.42. The van der Waals surface area contributed by atoms with Crippen molar-refractivity contribution in [2.24, 2.45) is 0 Å². The van der Waals surface area contributed by atoms with Crippen LogP contribution in [-0.2, 0) is 10.2 Å². The van der Waals surface area contributed by atoms with Gasteiger partial charge in [-0.25, -0.2) is 0 Å². The predicted octanol–water partition coefficient (Wildman–Crippen LogP) is 2.98. The Morgan fingerprint density at radius 3 is 2.76 bits per heavy atom. The second kappa shape index (κ2) is 6.72. The van der Waals surface area contributed by atoms with Gasteiger partial charge in [-0.1, -0.05) is 6.07 Å². The number of carbonyl (C=O) groups excluding carboxylic acids is 1. The molecule has 0 aliphatic carbocycles. The number of hydrogen-bond acceptors (Lipinski definition) is 4. The van der Waals surface area contributed by atoms with Crippen LogP contribution in [0, 0.1) is 0 Å². The molecule has 132 valence electrons. The van der Waals surface area contributed by atoms with Gasteiger partial charge in [-0.2, -0.15) is 0 Å². The summed E-state index contributed by atoms with van der Waals surface area (Å²) in [7, 11) is 0. The molecule has 4 rings (SSSR count). The Hall–Kier alpha value is -1.99. The van der Waals surface area contributed by atoms with Gasteiger partial charge in [-0.05, 0) is 52.5 Å². The van der Waals surface area contributed by atoms with Crippen molar-refractivity contribution >= 4 is 21.8 Å². The Kier molecular flexibility index (Phi) is 4.43. The topological polar surface area (TPSA) is 72.6 Å². The molecule has 0 unspecified atom stereocenters. The predicted molar refractivity (Wildman–Crippen MR) is 95.1 cm³/mol. The lowest BCUT2D eigenvalue weighted by Gasteiger charge is -2.38. The Morgan fingerprint density at radius 1 is 1.20 bits per heavy atom. The van der Waals surface area contributed by atoms with Crippen LogP contribution in [-0.4, -0.2) is 37.4 Å². The molecule has 6 nitrogen and oxygen atoms in total. The van der Waals surface area contributed by atoms with Gasteiger partial charge < -0.3 is 24.5 Å². The highest BCUT2D eigenvalue weighted by molar-refractivity contribution is 9.10. The van der Waals surface area contributed by atoms with Crippen LogP contribution in [0.3, 0.4) is 0 Å². The number of H-pyrrole nitrogens is 1. The lowest BCUT2D eigenvalue weighted by Crippen LogP contribution is -2.44. The normalized spacial score (nSPS) is 18.1. The molecule has 3 heterocycles. The number of aromatic amines is 1. The minimum Gasteiger partial charge on any atom is -0.454 e. The van der Waals surface area contributed by atoms with Crippen LogP contribution in [0.25, 0.3) is 0 Å². The molecule has 0 spiro atoms. The Balaban J connectivity index is 1.56. The number of fused-ring (bicyclic) bond motifs is 1. The van der Waals surface area contributed by atoms with E-state index in [2.05, 4.69) is 32.3 Å². The molecule has 0 saturated carbocycles. The summed E-state index contributed by atoms with van der Waals surface area (Å²) in [6.07, 6.45) is 3.44. The molecule has 25 heavy (non-hydrogen) atoms. The zero-order valence-electron chi connectivity index (χ0n) is 13.6. The maximum atomic E-state index is 12.4. The van der Waals surface area contributed by atoms with E-state index in [1.54, 1.807) is 12.3 Å². The van der Waals surface area contributed by atoms with Gasteiger partial charge in [0, 0.05) is 35.8 Å². The van der Waals surface area contributed by atoms with E-state index < -0.39 is 0 Å². The van der Waals surface area contributed by atoms with Crippen LogP contribution in [0.15, 0.2) is 34.9 Å². The van der Waals surface area contributed by atoms with Crippen molar-refractivity contribution in [1.82, 2.24) is 10.3 Å². The van der Waals surface area contributed by atoms with E-state index in [1.165, 1.54) is 0 Å². The van der Waals surface area contributed by atoms with Crippen LogP contribution in [0.5, 0.6) is 11.5 Å². The van der Waals surface area contributed by atoms with Gasteiger partial charge in [0.15, 0.2) is 11.5 Å². The Morgan fingerprint density at radius 2 is 2.00 bits per heavy atom. The minimum absolute atomic E-state index is 0.114. The zero-order chi connectivity index (χ0) is 17.3. The van der Waals surface area contributed by atoms with Crippen molar-refractivity contribution in [3.8, 4) is 11.5 Å². The van der Waals surface area contributed by atoms with E-state index in [9.17, 15) is 4.79 Å². The maximum Gasteiger partial charge on any atom is 0.267 e. The highest BCUT2D eigenvalue weighted by Gasteiger charge is 2.36.